The van der Waals surface area contributed by atoms with Crippen LogP contribution in [-0.2, 0) is 0 Å². The van der Waals surface area contributed by atoms with E-state index in [0.29, 0.717) is 33.6 Å². The average molecular weight is 272 g/mol. The average Bonchev–Trinajstić information content (AvgIpc) is 2.44. The highest BCUT2D eigenvalue weighted by Gasteiger charge is 2.10. The molecule has 1 heterocycles. The van der Waals surface area contributed by atoms with Crippen molar-refractivity contribution in [3.63, 3.8) is 0 Å². The zero-order valence-electron chi connectivity index (χ0n) is 10.9. The van der Waals surface area contributed by atoms with E-state index in [1.165, 1.54) is 26.4 Å². The molecule has 0 atom stereocenters. The number of hydrogen-bond donors (Lipinski definition) is 2. The summed E-state index contributed by atoms with van der Waals surface area (Å²) in [5, 5.41) is 19.5. The topological polar surface area (TPSA) is 84.7 Å². The highest BCUT2D eigenvalue weighted by molar-refractivity contribution is 5.89. The van der Waals surface area contributed by atoms with Crippen LogP contribution in [0.15, 0.2) is 24.3 Å². The Kier molecular flexibility index (Phi) is 2.71. The van der Waals surface area contributed by atoms with Gasteiger partial charge in [-0.05, 0) is 0 Å². The first-order valence-corrected chi connectivity index (χ1v) is 5.88. The van der Waals surface area contributed by atoms with Gasteiger partial charge in [0.05, 0.1) is 36.3 Å². The van der Waals surface area contributed by atoms with Crippen molar-refractivity contribution in [3.05, 3.63) is 24.3 Å². The second kappa shape index (κ2) is 4.41. The van der Waals surface area contributed by atoms with Gasteiger partial charge in [-0.3, -0.25) is 0 Å². The van der Waals surface area contributed by atoms with Crippen molar-refractivity contribution >= 4 is 22.1 Å². The number of methoxy groups -OCH3 is 2. The Morgan fingerprint density at radius 3 is 1.40 bits per heavy atom. The smallest absolute Gasteiger partial charge is 0.162 e. The molecule has 3 aromatic rings. The molecule has 6 heteroatoms. The summed E-state index contributed by atoms with van der Waals surface area (Å²) in [6.07, 6.45) is 0. The molecule has 0 fully saturated rings. The Morgan fingerprint density at radius 1 is 0.700 bits per heavy atom. The Morgan fingerprint density at radius 2 is 1.05 bits per heavy atom. The van der Waals surface area contributed by atoms with E-state index in [4.69, 9.17) is 9.47 Å². The Bertz CT molecular complexity index is 748. The highest BCUT2D eigenvalue weighted by atomic mass is 16.5. The van der Waals surface area contributed by atoms with Crippen LogP contribution in [0.3, 0.4) is 0 Å². The lowest BCUT2D eigenvalue weighted by molar-refractivity contribution is 0.374. The summed E-state index contributed by atoms with van der Waals surface area (Å²) in [5.41, 5.74) is 2.19. The van der Waals surface area contributed by atoms with Crippen molar-refractivity contribution in [2.24, 2.45) is 0 Å². The number of phenols is 2. The third-order valence-electron chi connectivity index (χ3n) is 3.03. The summed E-state index contributed by atoms with van der Waals surface area (Å²) in [6, 6.07) is 6.16. The molecule has 0 aliphatic rings. The summed E-state index contributed by atoms with van der Waals surface area (Å²) in [7, 11) is 2.93. The van der Waals surface area contributed by atoms with Crippen LogP contribution < -0.4 is 9.47 Å². The fourth-order valence-corrected chi connectivity index (χ4v) is 2.04. The maximum absolute atomic E-state index is 9.77. The second-order valence-corrected chi connectivity index (χ2v) is 4.25. The fraction of sp³-hybridized carbons (Fsp3) is 0.143. The second-order valence-electron chi connectivity index (χ2n) is 4.25. The van der Waals surface area contributed by atoms with Gasteiger partial charge in [-0.2, -0.15) is 0 Å². The number of rotatable bonds is 2. The van der Waals surface area contributed by atoms with Crippen molar-refractivity contribution in [1.29, 1.82) is 0 Å². The Balaban J connectivity index is 2.34. The number of nitrogens with zero attached hydrogens (tertiary/aromatic N) is 2. The van der Waals surface area contributed by atoms with Crippen molar-refractivity contribution < 1.29 is 19.7 Å². The van der Waals surface area contributed by atoms with Crippen LogP contribution in [0.2, 0.25) is 0 Å². The van der Waals surface area contributed by atoms with Crippen LogP contribution in [0.25, 0.3) is 22.1 Å². The zero-order chi connectivity index (χ0) is 14.3. The van der Waals surface area contributed by atoms with Gasteiger partial charge in [-0.15, -0.1) is 0 Å². The van der Waals surface area contributed by atoms with Crippen LogP contribution >= 0.6 is 0 Å². The molecule has 102 valence electrons. The molecule has 1 aromatic heterocycles. The fourth-order valence-electron chi connectivity index (χ4n) is 2.04. The van der Waals surface area contributed by atoms with E-state index in [9.17, 15) is 10.2 Å². The largest absolute Gasteiger partial charge is 0.504 e. The molecule has 2 N–H and O–H groups in total. The van der Waals surface area contributed by atoms with E-state index in [1.807, 2.05) is 0 Å². The molecule has 0 aliphatic carbocycles. The first-order chi connectivity index (χ1) is 9.62. The molecule has 2 aromatic carbocycles. The van der Waals surface area contributed by atoms with Gasteiger partial charge in [-0.1, -0.05) is 0 Å². The molecule has 0 spiro atoms. The molecule has 0 saturated heterocycles. The minimum Gasteiger partial charge on any atom is -0.504 e. The predicted octanol–water partition coefficient (Wildman–Crippen LogP) is 2.21. The van der Waals surface area contributed by atoms with Crippen LogP contribution in [0.4, 0.5) is 0 Å². The minimum atomic E-state index is -0.000562. The normalized spacial score (nSPS) is 10.9. The maximum Gasteiger partial charge on any atom is 0.162 e. The van der Waals surface area contributed by atoms with E-state index < -0.39 is 0 Å². The standard InChI is InChI=1S/C14H12N2O4/c1-19-13-5-9-7(3-11(13)17)16-10-6-14(20-2)12(18)4-8(10)15-9/h3-6,17-18H,1-2H3. The van der Waals surface area contributed by atoms with E-state index in [0.717, 1.165) is 0 Å². The third-order valence-corrected chi connectivity index (χ3v) is 3.03. The summed E-state index contributed by atoms with van der Waals surface area (Å²) < 4.78 is 10.1. The van der Waals surface area contributed by atoms with Crippen molar-refractivity contribution in [2.75, 3.05) is 14.2 Å². The van der Waals surface area contributed by atoms with Gasteiger partial charge >= 0.3 is 0 Å². The van der Waals surface area contributed by atoms with Crippen molar-refractivity contribution in [2.45, 2.75) is 0 Å². The maximum atomic E-state index is 9.77. The number of aromatic hydroxyl groups is 2. The number of aromatic nitrogens is 2. The Labute approximate surface area is 114 Å². The molecular formula is C14H12N2O4. The Hall–Kier alpha value is -2.76. The number of phenolic OH excluding ortho intramolecular Hbond substituents is 2. The van der Waals surface area contributed by atoms with Gasteiger partial charge in [-0.25, -0.2) is 9.97 Å². The van der Waals surface area contributed by atoms with Gasteiger partial charge in [0.1, 0.15) is 0 Å². The lowest BCUT2D eigenvalue weighted by Crippen LogP contribution is -1.91. The first-order valence-electron chi connectivity index (χ1n) is 5.88. The van der Waals surface area contributed by atoms with Crippen LogP contribution in [0, 0.1) is 0 Å². The zero-order valence-corrected chi connectivity index (χ0v) is 10.9. The first kappa shape index (κ1) is 12.3. The lowest BCUT2D eigenvalue weighted by Gasteiger charge is -2.08. The number of hydrogen-bond acceptors (Lipinski definition) is 6. The van der Waals surface area contributed by atoms with Gasteiger partial charge < -0.3 is 19.7 Å². The van der Waals surface area contributed by atoms with Gasteiger partial charge in [0.25, 0.3) is 0 Å². The predicted molar refractivity (Wildman–Crippen MR) is 73.5 cm³/mol. The van der Waals surface area contributed by atoms with Crippen molar-refractivity contribution in [3.8, 4) is 23.0 Å². The van der Waals surface area contributed by atoms with Gasteiger partial charge in [0, 0.05) is 24.3 Å². The summed E-state index contributed by atoms with van der Waals surface area (Å²) in [5.74, 6) is 0.645. The monoisotopic (exact) mass is 272 g/mol. The van der Waals surface area contributed by atoms with E-state index in [2.05, 4.69) is 9.97 Å². The molecule has 0 saturated carbocycles. The lowest BCUT2D eigenvalue weighted by atomic mass is 10.2. The van der Waals surface area contributed by atoms with E-state index in [1.54, 1.807) is 12.1 Å². The molecule has 0 aliphatic heterocycles. The van der Waals surface area contributed by atoms with E-state index in [-0.39, 0.29) is 11.5 Å². The molecular weight excluding hydrogens is 260 g/mol. The molecule has 0 amide bonds. The van der Waals surface area contributed by atoms with E-state index >= 15 is 0 Å². The molecule has 0 radical (unpaired) electrons. The van der Waals surface area contributed by atoms with Gasteiger partial charge in [0.15, 0.2) is 23.0 Å². The van der Waals surface area contributed by atoms with Crippen molar-refractivity contribution in [1.82, 2.24) is 9.97 Å². The molecule has 6 nitrogen and oxygen atoms in total. The van der Waals surface area contributed by atoms with Crippen LogP contribution in [-0.4, -0.2) is 34.4 Å². The number of fused-ring (bicyclic) bond motifs is 2. The summed E-state index contributed by atoms with van der Waals surface area (Å²) in [6.45, 7) is 0. The summed E-state index contributed by atoms with van der Waals surface area (Å²) in [4.78, 5) is 8.79. The highest BCUT2D eigenvalue weighted by Crippen LogP contribution is 2.33. The minimum absolute atomic E-state index is 0.000562. The SMILES string of the molecule is COc1cc2nc3cc(O)c(OC)cc3nc2cc1O. The molecule has 0 unspecified atom stereocenters. The van der Waals surface area contributed by atoms with Crippen LogP contribution in [0.5, 0.6) is 23.0 Å². The number of benzene rings is 2. The van der Waals surface area contributed by atoms with Crippen LogP contribution in [0.1, 0.15) is 0 Å². The quantitative estimate of drug-likeness (QED) is 0.696. The summed E-state index contributed by atoms with van der Waals surface area (Å²) >= 11 is 0. The molecule has 0 bridgehead atoms. The third kappa shape index (κ3) is 1.82. The van der Waals surface area contributed by atoms with Gasteiger partial charge in [0.2, 0.25) is 0 Å². The number of ether oxygens (including phenoxy) is 2. The molecule has 3 rings (SSSR count). The molecule has 20 heavy (non-hydrogen) atoms.